The summed E-state index contributed by atoms with van der Waals surface area (Å²) in [6.07, 6.45) is 5.07. The second-order valence-electron chi connectivity index (χ2n) is 9.90. The van der Waals surface area contributed by atoms with Crippen LogP contribution in [0, 0.1) is 5.92 Å². The van der Waals surface area contributed by atoms with Gasteiger partial charge in [-0.25, -0.2) is 0 Å². The maximum Gasteiger partial charge on any atom is 0.119 e. The maximum atomic E-state index is 12.4. The monoisotopic (exact) mass is 436 g/mol. The number of nitrogens with zero attached hydrogens (tertiary/aromatic N) is 1. The molecule has 5 heteroatoms. The van der Waals surface area contributed by atoms with E-state index in [-0.39, 0.29) is 5.41 Å². The van der Waals surface area contributed by atoms with Crippen LogP contribution in [-0.4, -0.2) is 47.3 Å². The molecule has 2 N–H and O–H groups in total. The first-order valence-corrected chi connectivity index (χ1v) is 11.8. The molecule has 2 heterocycles. The topological polar surface area (TPSA) is 48.5 Å². The van der Waals surface area contributed by atoms with Crippen molar-refractivity contribution in [2.24, 2.45) is 5.92 Å². The Hall–Kier alpha value is -2.01. The van der Waals surface area contributed by atoms with Crippen molar-refractivity contribution < 1.29 is 9.84 Å². The van der Waals surface area contributed by atoms with Crippen molar-refractivity contribution in [1.29, 1.82) is 0 Å². The molecule has 1 aromatic heterocycles. The summed E-state index contributed by atoms with van der Waals surface area (Å²) in [6.45, 7) is 2.87. The number of hydrogen-bond donors (Lipinski definition) is 2. The summed E-state index contributed by atoms with van der Waals surface area (Å²) in [4.78, 5) is 6.15. The van der Waals surface area contributed by atoms with E-state index >= 15 is 0 Å². The molecular weight excluding hydrogens is 408 g/mol. The largest absolute Gasteiger partial charge is 0.497 e. The Kier molecular flexibility index (Phi) is 4.44. The molecule has 0 unspecified atom stereocenters. The standard InChI is InChI=1S/C26H29ClN2O2/c1-31-20-4-2-3-18(11-20)25-9-10-29(15-17-5-6-17)16-26(25,30)13-22-21-8-7-19(27)12-23(21)28-24(22)14-25/h2-4,7-8,11-12,17,28,30H,5-6,9-10,13-16H2,1H3/t25-,26-/m0/s1. The molecule has 1 saturated carbocycles. The van der Waals surface area contributed by atoms with Crippen LogP contribution < -0.4 is 4.74 Å². The van der Waals surface area contributed by atoms with Gasteiger partial charge in [-0.2, -0.15) is 0 Å². The third-order valence-corrected chi connectivity index (χ3v) is 8.21. The van der Waals surface area contributed by atoms with Gasteiger partial charge in [-0.15, -0.1) is 0 Å². The molecule has 0 amide bonds. The first kappa shape index (κ1) is 19.7. The highest BCUT2D eigenvalue weighted by Gasteiger charge is 2.57. The molecule has 162 valence electrons. The molecule has 3 aliphatic rings. The summed E-state index contributed by atoms with van der Waals surface area (Å²) in [5.74, 6) is 1.67. The van der Waals surface area contributed by atoms with Crippen molar-refractivity contribution >= 4 is 22.5 Å². The number of nitrogens with one attached hydrogen (secondary N) is 1. The number of halogens is 1. The minimum absolute atomic E-state index is 0.334. The number of aromatic amines is 1. The summed E-state index contributed by atoms with van der Waals surface area (Å²) < 4.78 is 5.55. The highest BCUT2D eigenvalue weighted by atomic mass is 35.5. The van der Waals surface area contributed by atoms with E-state index in [1.165, 1.54) is 35.0 Å². The van der Waals surface area contributed by atoms with Gasteiger partial charge in [0, 0.05) is 53.0 Å². The number of aliphatic hydroxyl groups is 1. The highest BCUT2D eigenvalue weighted by Crippen LogP contribution is 2.52. The number of likely N-dealkylation sites (tertiary alicyclic amines) is 1. The number of H-pyrrole nitrogens is 1. The quantitative estimate of drug-likeness (QED) is 0.622. The van der Waals surface area contributed by atoms with E-state index in [9.17, 15) is 5.11 Å². The van der Waals surface area contributed by atoms with E-state index in [1.54, 1.807) is 7.11 Å². The van der Waals surface area contributed by atoms with Gasteiger partial charge in [0.1, 0.15) is 5.75 Å². The highest BCUT2D eigenvalue weighted by molar-refractivity contribution is 6.31. The van der Waals surface area contributed by atoms with Gasteiger partial charge in [0.05, 0.1) is 12.7 Å². The Morgan fingerprint density at radius 3 is 2.87 bits per heavy atom. The fourth-order valence-electron chi connectivity index (χ4n) is 6.15. The number of aromatic nitrogens is 1. The molecule has 1 aliphatic heterocycles. The molecule has 4 nitrogen and oxygen atoms in total. The van der Waals surface area contributed by atoms with Gasteiger partial charge < -0.3 is 19.7 Å². The molecule has 0 radical (unpaired) electrons. The van der Waals surface area contributed by atoms with Gasteiger partial charge in [0.25, 0.3) is 0 Å². The summed E-state index contributed by atoms with van der Waals surface area (Å²) in [5.41, 5.74) is 3.58. The molecule has 2 aromatic carbocycles. The van der Waals surface area contributed by atoms with Gasteiger partial charge in [-0.05, 0) is 67.1 Å². The third kappa shape index (κ3) is 3.11. The van der Waals surface area contributed by atoms with Crippen molar-refractivity contribution in [2.75, 3.05) is 26.7 Å². The van der Waals surface area contributed by atoms with Gasteiger partial charge in [0.2, 0.25) is 0 Å². The lowest BCUT2D eigenvalue weighted by atomic mass is 9.56. The molecule has 2 atom stereocenters. The molecule has 3 aromatic rings. The van der Waals surface area contributed by atoms with Crippen molar-refractivity contribution in [3.8, 4) is 5.75 Å². The lowest BCUT2D eigenvalue weighted by molar-refractivity contribution is -0.103. The zero-order valence-corrected chi connectivity index (χ0v) is 18.7. The molecule has 2 aliphatic carbocycles. The predicted octanol–water partition coefficient (Wildman–Crippen LogP) is 4.71. The molecule has 0 bridgehead atoms. The average Bonchev–Trinajstić information content (AvgIpc) is 3.51. The van der Waals surface area contributed by atoms with Crippen molar-refractivity contribution in [3.63, 3.8) is 0 Å². The smallest absolute Gasteiger partial charge is 0.119 e. The fraction of sp³-hybridized carbons (Fsp3) is 0.462. The van der Waals surface area contributed by atoms with Crippen LogP contribution in [0.25, 0.3) is 10.9 Å². The van der Waals surface area contributed by atoms with Crippen LogP contribution >= 0.6 is 11.6 Å². The van der Waals surface area contributed by atoms with Crippen LogP contribution in [0.15, 0.2) is 42.5 Å². The van der Waals surface area contributed by atoms with E-state index in [2.05, 4.69) is 34.1 Å². The van der Waals surface area contributed by atoms with E-state index < -0.39 is 5.60 Å². The number of methoxy groups -OCH3 is 1. The summed E-state index contributed by atoms with van der Waals surface area (Å²) in [7, 11) is 1.71. The minimum Gasteiger partial charge on any atom is -0.497 e. The number of rotatable bonds is 4. The van der Waals surface area contributed by atoms with Gasteiger partial charge in [0.15, 0.2) is 0 Å². The molecule has 1 saturated heterocycles. The first-order valence-electron chi connectivity index (χ1n) is 11.4. The van der Waals surface area contributed by atoms with Crippen molar-refractivity contribution in [2.45, 2.75) is 43.1 Å². The van der Waals surface area contributed by atoms with Crippen LogP contribution in [0.4, 0.5) is 0 Å². The van der Waals surface area contributed by atoms with Crippen LogP contribution in [0.5, 0.6) is 5.75 Å². The number of β-amino-alcohol motifs (C(OH)–C–C–N with tert-alkyl or cyclic N) is 1. The van der Waals surface area contributed by atoms with Gasteiger partial charge in [-0.3, -0.25) is 0 Å². The molecule has 0 spiro atoms. The normalized spacial score (nSPS) is 28.4. The Balaban J connectivity index is 1.49. The lowest BCUT2D eigenvalue weighted by Crippen LogP contribution is -2.66. The Morgan fingerprint density at radius 2 is 2.06 bits per heavy atom. The number of benzene rings is 2. The van der Waals surface area contributed by atoms with E-state index in [4.69, 9.17) is 16.3 Å². The first-order chi connectivity index (χ1) is 15.0. The van der Waals surface area contributed by atoms with Crippen LogP contribution in [0.1, 0.15) is 36.1 Å². The van der Waals surface area contributed by atoms with Gasteiger partial charge >= 0.3 is 0 Å². The summed E-state index contributed by atoms with van der Waals surface area (Å²) in [5, 5.41) is 14.3. The van der Waals surface area contributed by atoms with Crippen LogP contribution in [0.3, 0.4) is 0 Å². The Morgan fingerprint density at radius 1 is 1.19 bits per heavy atom. The van der Waals surface area contributed by atoms with Gasteiger partial charge in [-0.1, -0.05) is 29.8 Å². The minimum atomic E-state index is -0.825. The van der Waals surface area contributed by atoms with Crippen molar-refractivity contribution in [1.82, 2.24) is 9.88 Å². The summed E-state index contributed by atoms with van der Waals surface area (Å²) >= 11 is 6.27. The van der Waals surface area contributed by atoms with Crippen LogP contribution in [-0.2, 0) is 18.3 Å². The number of fused-ring (bicyclic) bond motifs is 4. The van der Waals surface area contributed by atoms with Crippen LogP contribution in [0.2, 0.25) is 5.02 Å². The number of hydrogen-bond acceptors (Lipinski definition) is 3. The molecule has 6 rings (SSSR count). The zero-order valence-electron chi connectivity index (χ0n) is 18.0. The number of ether oxygens (including phenoxy) is 1. The Bertz CT molecular complexity index is 1150. The molecule has 2 fully saturated rings. The second-order valence-corrected chi connectivity index (χ2v) is 10.3. The van der Waals surface area contributed by atoms with E-state index in [1.807, 2.05) is 18.2 Å². The second kappa shape index (κ2) is 6.99. The molecular formula is C26H29ClN2O2. The molecule has 31 heavy (non-hydrogen) atoms. The lowest BCUT2D eigenvalue weighted by Gasteiger charge is -2.56. The number of piperidine rings is 1. The van der Waals surface area contributed by atoms with E-state index in [0.717, 1.165) is 54.7 Å². The maximum absolute atomic E-state index is 12.4. The Labute approximate surface area is 188 Å². The average molecular weight is 437 g/mol. The fourth-order valence-corrected chi connectivity index (χ4v) is 6.32. The van der Waals surface area contributed by atoms with Crippen molar-refractivity contribution in [3.05, 3.63) is 64.3 Å². The third-order valence-electron chi connectivity index (χ3n) is 7.97. The SMILES string of the molecule is COc1cccc([C@@]23CCN(CC4CC4)C[C@@]2(O)Cc2c([nH]c4cc(Cl)ccc24)C3)c1. The van der Waals surface area contributed by atoms with E-state index in [0.29, 0.717) is 6.42 Å². The zero-order chi connectivity index (χ0) is 21.2. The summed E-state index contributed by atoms with van der Waals surface area (Å²) in [6, 6.07) is 14.4. The predicted molar refractivity (Wildman–Crippen MR) is 124 cm³/mol.